The molecule has 0 aliphatic rings. The minimum atomic E-state index is -0.317. The smallest absolute Gasteiger partial charge is 0.146 e. The number of halogens is 2. The van der Waals surface area contributed by atoms with Gasteiger partial charge in [-0.15, -0.1) is 5.92 Å². The van der Waals surface area contributed by atoms with Gasteiger partial charge in [-0.25, -0.2) is 4.39 Å². The number of hydrogen-bond donors (Lipinski definition) is 1. The van der Waals surface area contributed by atoms with Crippen LogP contribution in [0.2, 0.25) is 5.02 Å². The van der Waals surface area contributed by atoms with Crippen molar-refractivity contribution >= 4 is 17.3 Å². The first-order valence-electron chi connectivity index (χ1n) is 3.82. The zero-order valence-corrected chi connectivity index (χ0v) is 7.95. The van der Waals surface area contributed by atoms with Crippen LogP contribution in [0.25, 0.3) is 0 Å². The third-order valence-electron chi connectivity index (χ3n) is 1.47. The molecular weight excluding hydrogens is 189 g/mol. The Hall–Kier alpha value is -1.20. The van der Waals surface area contributed by atoms with Crippen LogP contribution in [0.15, 0.2) is 18.2 Å². The standard InChI is InChI=1S/C10H9ClFN/c1-2-3-6-13-10-7-8(11)4-5-9(10)12/h4-5,7,13H,6H2,1H3. The summed E-state index contributed by atoms with van der Waals surface area (Å²) < 4.78 is 13.0. The third-order valence-corrected chi connectivity index (χ3v) is 1.71. The van der Waals surface area contributed by atoms with Gasteiger partial charge in [-0.1, -0.05) is 17.5 Å². The number of benzene rings is 1. The quantitative estimate of drug-likeness (QED) is 0.719. The Morgan fingerprint density at radius 1 is 1.54 bits per heavy atom. The molecule has 1 nitrogen and oxygen atoms in total. The number of anilines is 1. The van der Waals surface area contributed by atoms with Crippen molar-refractivity contribution in [3.63, 3.8) is 0 Å². The minimum absolute atomic E-state index is 0.317. The van der Waals surface area contributed by atoms with Gasteiger partial charge in [-0.3, -0.25) is 0 Å². The van der Waals surface area contributed by atoms with Crippen molar-refractivity contribution in [1.82, 2.24) is 0 Å². The molecule has 1 aromatic carbocycles. The summed E-state index contributed by atoms with van der Waals surface area (Å²) in [6.07, 6.45) is 0. The van der Waals surface area contributed by atoms with Crippen LogP contribution in [-0.2, 0) is 0 Å². The van der Waals surface area contributed by atoms with Crippen LogP contribution in [0.3, 0.4) is 0 Å². The predicted molar refractivity (Wildman–Crippen MR) is 53.3 cm³/mol. The van der Waals surface area contributed by atoms with E-state index in [1.807, 2.05) is 0 Å². The Balaban J connectivity index is 2.73. The van der Waals surface area contributed by atoms with Gasteiger partial charge < -0.3 is 5.32 Å². The fourth-order valence-corrected chi connectivity index (χ4v) is 1.03. The van der Waals surface area contributed by atoms with Crippen LogP contribution < -0.4 is 5.32 Å². The summed E-state index contributed by atoms with van der Waals surface area (Å²) in [6.45, 7) is 2.16. The molecule has 0 amide bonds. The van der Waals surface area contributed by atoms with E-state index in [-0.39, 0.29) is 5.82 Å². The fraction of sp³-hybridized carbons (Fsp3) is 0.200. The zero-order chi connectivity index (χ0) is 9.68. The Morgan fingerprint density at radius 2 is 2.31 bits per heavy atom. The SMILES string of the molecule is CC#CCNc1cc(Cl)ccc1F. The van der Waals surface area contributed by atoms with Crippen molar-refractivity contribution < 1.29 is 4.39 Å². The lowest BCUT2D eigenvalue weighted by atomic mass is 10.3. The Kier molecular flexibility index (Phi) is 3.60. The summed E-state index contributed by atoms with van der Waals surface area (Å²) in [6, 6.07) is 4.37. The first kappa shape index (κ1) is 9.88. The second-order valence-electron chi connectivity index (χ2n) is 2.40. The highest BCUT2D eigenvalue weighted by atomic mass is 35.5. The molecule has 3 heteroatoms. The van der Waals surface area contributed by atoms with Crippen LogP contribution in [0, 0.1) is 17.7 Å². The summed E-state index contributed by atoms with van der Waals surface area (Å²) in [4.78, 5) is 0. The molecule has 0 spiro atoms. The molecule has 0 aliphatic carbocycles. The Labute approximate surface area is 81.9 Å². The van der Waals surface area contributed by atoms with Gasteiger partial charge in [0, 0.05) is 5.02 Å². The van der Waals surface area contributed by atoms with Crippen molar-refractivity contribution in [3.05, 3.63) is 29.0 Å². The molecule has 0 aliphatic heterocycles. The van der Waals surface area contributed by atoms with Gasteiger partial charge >= 0.3 is 0 Å². The highest BCUT2D eigenvalue weighted by Crippen LogP contribution is 2.18. The van der Waals surface area contributed by atoms with E-state index in [1.54, 1.807) is 6.92 Å². The lowest BCUT2D eigenvalue weighted by Crippen LogP contribution is -2.00. The molecule has 0 bridgehead atoms. The molecule has 13 heavy (non-hydrogen) atoms. The summed E-state index contributed by atoms with van der Waals surface area (Å²) in [7, 11) is 0. The van der Waals surface area contributed by atoms with Crippen molar-refractivity contribution in [2.45, 2.75) is 6.92 Å². The molecule has 0 heterocycles. The number of hydrogen-bond acceptors (Lipinski definition) is 1. The van der Waals surface area contributed by atoms with E-state index in [2.05, 4.69) is 17.2 Å². The first-order valence-corrected chi connectivity index (χ1v) is 4.20. The van der Waals surface area contributed by atoms with Gasteiger partial charge in [0.05, 0.1) is 12.2 Å². The molecule has 68 valence electrons. The van der Waals surface area contributed by atoms with Crippen molar-refractivity contribution in [1.29, 1.82) is 0 Å². The molecule has 0 radical (unpaired) electrons. The van der Waals surface area contributed by atoms with Gasteiger partial charge in [0.2, 0.25) is 0 Å². The Morgan fingerprint density at radius 3 is 3.00 bits per heavy atom. The topological polar surface area (TPSA) is 12.0 Å². The van der Waals surface area contributed by atoms with Crippen molar-refractivity contribution in [3.8, 4) is 11.8 Å². The maximum Gasteiger partial charge on any atom is 0.146 e. The van der Waals surface area contributed by atoms with Crippen molar-refractivity contribution in [2.75, 3.05) is 11.9 Å². The van der Waals surface area contributed by atoms with Crippen LogP contribution in [0.1, 0.15) is 6.92 Å². The minimum Gasteiger partial charge on any atom is -0.372 e. The van der Waals surface area contributed by atoms with E-state index in [0.29, 0.717) is 17.3 Å². The van der Waals surface area contributed by atoms with E-state index in [4.69, 9.17) is 11.6 Å². The third kappa shape index (κ3) is 2.96. The highest BCUT2D eigenvalue weighted by molar-refractivity contribution is 6.30. The molecule has 0 fully saturated rings. The number of nitrogens with one attached hydrogen (secondary N) is 1. The highest BCUT2D eigenvalue weighted by Gasteiger charge is 2.00. The average Bonchev–Trinajstić information content (AvgIpc) is 2.11. The summed E-state index contributed by atoms with van der Waals surface area (Å²) in [5.41, 5.74) is 0.384. The summed E-state index contributed by atoms with van der Waals surface area (Å²) in [5, 5.41) is 3.33. The van der Waals surface area contributed by atoms with E-state index in [0.717, 1.165) is 0 Å². The maximum atomic E-state index is 13.0. The van der Waals surface area contributed by atoms with Gasteiger partial charge in [0.1, 0.15) is 5.82 Å². The maximum absolute atomic E-state index is 13.0. The Bertz CT molecular complexity index is 352. The van der Waals surface area contributed by atoms with Crippen LogP contribution in [0.5, 0.6) is 0 Å². The second kappa shape index (κ2) is 4.74. The molecule has 0 atom stereocenters. The van der Waals surface area contributed by atoms with Crippen LogP contribution in [0.4, 0.5) is 10.1 Å². The largest absolute Gasteiger partial charge is 0.372 e. The van der Waals surface area contributed by atoms with Gasteiger partial charge in [0.25, 0.3) is 0 Å². The van der Waals surface area contributed by atoms with Gasteiger partial charge in [-0.2, -0.15) is 0 Å². The normalized spacial score (nSPS) is 8.85. The van der Waals surface area contributed by atoms with E-state index in [9.17, 15) is 4.39 Å². The lowest BCUT2D eigenvalue weighted by molar-refractivity contribution is 0.631. The number of rotatable bonds is 2. The monoisotopic (exact) mass is 197 g/mol. The van der Waals surface area contributed by atoms with Crippen LogP contribution in [-0.4, -0.2) is 6.54 Å². The average molecular weight is 198 g/mol. The molecule has 0 unspecified atom stereocenters. The molecule has 1 rings (SSSR count). The van der Waals surface area contributed by atoms with Crippen LogP contribution >= 0.6 is 11.6 Å². The zero-order valence-electron chi connectivity index (χ0n) is 7.20. The van der Waals surface area contributed by atoms with E-state index < -0.39 is 0 Å². The first-order chi connectivity index (χ1) is 6.24. The lowest BCUT2D eigenvalue weighted by Gasteiger charge is -2.03. The molecule has 0 aromatic heterocycles. The van der Waals surface area contributed by atoms with Gasteiger partial charge in [-0.05, 0) is 25.1 Å². The van der Waals surface area contributed by atoms with E-state index in [1.165, 1.54) is 18.2 Å². The summed E-state index contributed by atoms with van der Waals surface area (Å²) >= 11 is 5.69. The van der Waals surface area contributed by atoms with E-state index >= 15 is 0 Å². The molecule has 1 N–H and O–H groups in total. The molecular formula is C10H9ClFN. The molecule has 0 saturated carbocycles. The predicted octanol–water partition coefficient (Wildman–Crippen LogP) is 2.91. The molecule has 1 aromatic rings. The molecule has 0 saturated heterocycles. The second-order valence-corrected chi connectivity index (χ2v) is 2.84. The van der Waals surface area contributed by atoms with Gasteiger partial charge in [0.15, 0.2) is 0 Å². The fourth-order valence-electron chi connectivity index (χ4n) is 0.861. The summed E-state index contributed by atoms with van der Waals surface area (Å²) in [5.74, 6) is 5.16. The van der Waals surface area contributed by atoms with Crippen molar-refractivity contribution in [2.24, 2.45) is 0 Å².